The summed E-state index contributed by atoms with van der Waals surface area (Å²) < 4.78 is 0. The predicted octanol–water partition coefficient (Wildman–Crippen LogP) is -0.535. The van der Waals surface area contributed by atoms with Crippen molar-refractivity contribution in [1.82, 2.24) is 93.0 Å². The molecule has 740 valence electrons. The normalized spacial score (nSPS) is 24.8. The Hall–Kier alpha value is -13.7. The Balaban J connectivity index is 1.02. The van der Waals surface area contributed by atoms with Gasteiger partial charge in [-0.05, 0) is 156 Å². The van der Waals surface area contributed by atoms with Gasteiger partial charge in [-0.15, -0.1) is 17.5 Å². The smallest absolute Gasteiger partial charge is 0.305 e. The molecule has 0 aliphatic carbocycles. The van der Waals surface area contributed by atoms with Crippen molar-refractivity contribution in [1.29, 1.82) is 0 Å². The number of para-hydroxylation sites is 2. The summed E-state index contributed by atoms with van der Waals surface area (Å²) in [5, 5.41) is 61.9. The second-order valence-corrected chi connectivity index (χ2v) is 36.1. The van der Waals surface area contributed by atoms with E-state index in [-0.39, 0.29) is 141 Å². The van der Waals surface area contributed by atoms with Crippen molar-refractivity contribution >= 4 is 140 Å². The number of thioether (sulfide) groups is 1. The minimum atomic E-state index is -1.89. The molecule has 22 N–H and O–H groups in total. The summed E-state index contributed by atoms with van der Waals surface area (Å²) in [5.41, 5.74) is 24.0. The molecule has 0 spiro atoms. The lowest BCUT2D eigenvalue weighted by molar-refractivity contribution is -0.149. The summed E-state index contributed by atoms with van der Waals surface area (Å²) in [6.45, 7) is 2.40. The number of phenolic OH excluding ortho intramolecular Hbond substituents is 1. The molecule has 10 rings (SSSR count). The highest BCUT2D eigenvalue weighted by molar-refractivity contribution is 8.00. The van der Waals surface area contributed by atoms with Gasteiger partial charge in [0.15, 0.2) is 0 Å². The number of primary amides is 1. The van der Waals surface area contributed by atoms with Gasteiger partial charge in [0.1, 0.15) is 90.3 Å². The van der Waals surface area contributed by atoms with E-state index in [1.165, 1.54) is 54.4 Å². The van der Waals surface area contributed by atoms with Crippen LogP contribution in [0.2, 0.25) is 0 Å². The summed E-state index contributed by atoms with van der Waals surface area (Å²) in [7, 11) is 2.76. The average molecular weight is 1920 g/mol. The minimum Gasteiger partial charge on any atom is -0.508 e. The van der Waals surface area contributed by atoms with Crippen molar-refractivity contribution in [3.05, 3.63) is 132 Å². The molecule has 0 bridgehead atoms. The molecule has 4 fully saturated rings. The number of aromatic nitrogens is 2. The van der Waals surface area contributed by atoms with Gasteiger partial charge >= 0.3 is 11.9 Å². The fraction of sp³-hybridized carbons (Fsp3) is 0.521. The zero-order valence-electron chi connectivity index (χ0n) is 77.4. The highest BCUT2D eigenvalue weighted by Crippen LogP contribution is 2.29. The van der Waals surface area contributed by atoms with E-state index in [0.29, 0.717) is 69.8 Å². The summed E-state index contributed by atoms with van der Waals surface area (Å²) in [6.07, 6.45) is 6.71. The van der Waals surface area contributed by atoms with Gasteiger partial charge < -0.3 is 125 Å². The van der Waals surface area contributed by atoms with Gasteiger partial charge in [-0.3, -0.25) is 86.3 Å². The third-order valence-electron chi connectivity index (χ3n) is 25.1. The number of nitrogens with zero attached hydrogens (tertiary/aromatic N) is 5. The number of aliphatic carboxylic acids is 2. The number of rotatable bonds is 27. The number of aromatic amines is 2. The molecule has 4 saturated heterocycles. The first-order valence-corrected chi connectivity index (χ1v) is 47.7. The average Bonchev–Trinajstić information content (AvgIpc) is 1.74. The molecule has 5 aromatic rings. The summed E-state index contributed by atoms with van der Waals surface area (Å²) in [5.74, 6) is -18.5. The van der Waals surface area contributed by atoms with Crippen LogP contribution in [0.5, 0.6) is 5.75 Å². The number of carbonyl (C=O) groups is 18. The number of allylic oxidation sites excluding steroid dienone is 1. The molecule has 0 saturated carbocycles. The molecule has 5 aliphatic rings. The largest absolute Gasteiger partial charge is 0.508 e. The number of hydrogen-bond acceptors (Lipinski definition) is 23. The second-order valence-electron chi connectivity index (χ2n) is 35.0. The van der Waals surface area contributed by atoms with Crippen molar-refractivity contribution in [3.8, 4) is 5.75 Å². The molecule has 7 heterocycles. The van der Waals surface area contributed by atoms with E-state index in [4.69, 9.17) is 17.2 Å². The van der Waals surface area contributed by atoms with Crippen LogP contribution in [-0.4, -0.2) is 306 Å². The molecule has 16 amide bonds. The van der Waals surface area contributed by atoms with Gasteiger partial charge in [-0.25, -0.2) is 0 Å². The molecule has 0 radical (unpaired) electrons. The number of phenols is 1. The van der Waals surface area contributed by atoms with Crippen LogP contribution in [0.25, 0.3) is 21.8 Å². The molecule has 14 atom stereocenters. The summed E-state index contributed by atoms with van der Waals surface area (Å²) in [6, 6.07) is -1.43. The fourth-order valence-corrected chi connectivity index (χ4v) is 18.7. The van der Waals surface area contributed by atoms with Crippen molar-refractivity contribution in [2.45, 2.75) is 246 Å². The van der Waals surface area contributed by atoms with Crippen LogP contribution < -0.4 is 75.7 Å². The number of benzene rings is 3. The van der Waals surface area contributed by atoms with Crippen LogP contribution in [0.1, 0.15) is 159 Å². The minimum absolute atomic E-state index is 0.00540. The van der Waals surface area contributed by atoms with E-state index in [9.17, 15) is 48.9 Å². The number of nitrogens with one attached hydrogen (secondary N) is 13. The van der Waals surface area contributed by atoms with Gasteiger partial charge in [0.2, 0.25) is 94.5 Å². The van der Waals surface area contributed by atoms with Gasteiger partial charge in [0.05, 0.1) is 18.7 Å². The molecule has 0 unspecified atom stereocenters. The SMILES string of the molecule is CCCC[C@H]1C(=O)N(C)[C@@H](CCCC)C(=O)N[C@@H](CCCN)C(=O)N[C@H](C(=O)NCC(N)=O)CSCC(=O)N[C@@H](Cc2ccc(O)cc2)C(=O)N2CCC[C@H]2C(=O)N[C@@H](CC(=O)O)C(=O)N2CCC[C@H]2C(=O)N[C@@H](CC2=CNC=C=CC2)C(=O)N[C@@H](CCC(=O)O)C(=O)N2CCC[C@H]2C(=O)N[C@@H](Cc2c[nH]c3ccccc23)C(=O)N[C@@H](CCN)C(=O)N[C@@H](Cc2c[nH]c3ccccc23)C(=O)N1C. The predicted molar refractivity (Wildman–Crippen MR) is 503 cm³/mol. The van der Waals surface area contributed by atoms with Crippen LogP contribution in [0.15, 0.2) is 115 Å². The number of H-pyrrole nitrogens is 2. The maximum Gasteiger partial charge on any atom is 0.305 e. The Morgan fingerprint density at radius 3 is 1.53 bits per heavy atom. The quantitative estimate of drug-likeness (QED) is 0.0294. The fourth-order valence-electron chi connectivity index (χ4n) is 17.8. The van der Waals surface area contributed by atoms with Crippen molar-refractivity contribution < 1.29 is 102 Å². The lowest BCUT2D eigenvalue weighted by atomic mass is 9.99. The highest BCUT2D eigenvalue weighted by atomic mass is 32.2. The monoisotopic (exact) mass is 1920 g/mol. The maximum absolute atomic E-state index is 15.8. The third-order valence-corrected chi connectivity index (χ3v) is 26.2. The Morgan fingerprint density at radius 2 is 0.971 bits per heavy atom. The number of fused-ring (bicyclic) bond motifs is 5. The lowest BCUT2D eigenvalue weighted by Gasteiger charge is -2.36. The number of aromatic hydroxyl groups is 1. The van der Waals surface area contributed by atoms with E-state index >= 15 is 52.7 Å². The number of carboxylic acid groups (broad SMARTS) is 2. The maximum atomic E-state index is 15.8. The second kappa shape index (κ2) is 51.3. The van der Waals surface area contributed by atoms with Crippen molar-refractivity contribution in [2.75, 3.05) is 64.9 Å². The Labute approximate surface area is 796 Å². The van der Waals surface area contributed by atoms with Gasteiger partial charge in [-0.1, -0.05) is 88.1 Å². The first kappa shape index (κ1) is 105. The molecule has 42 nitrogen and oxygen atoms in total. The van der Waals surface area contributed by atoms with E-state index < -0.39 is 228 Å². The third kappa shape index (κ3) is 29.2. The van der Waals surface area contributed by atoms with Crippen LogP contribution in [0.3, 0.4) is 0 Å². The number of carboxylic acids is 2. The number of nitrogens with two attached hydrogens (primary N) is 3. The van der Waals surface area contributed by atoms with Crippen molar-refractivity contribution in [2.24, 2.45) is 17.2 Å². The number of unbranched alkanes of at least 4 members (excludes halogenated alkanes) is 2. The Morgan fingerprint density at radius 1 is 0.489 bits per heavy atom. The number of amides is 16. The molecular weight excluding hydrogens is 1790 g/mol. The Kier molecular flexibility index (Phi) is 39.5. The standard InChI is InChI=1S/C94H127N21O21S/c1-5-7-25-72-86(128)104-63(24-15-37-95)82(124)110-71(81(123)101-51-77(97)117)52-137-53-78(118)102-68(43-54-30-32-58(116)33-31-54)92(134)114-41-18-29-75(114)89(131)109-70(47-80(121)122)93(135)115-42-17-28-74(115)87(129)106-66(44-55-19-13-14-39-98-48-55)84(126)105-65(34-35-79(119)120)91(133)113-40-16-27-73(113)88(130)107-67(45-56-49-99-61-22-11-9-20-59(56)61)85(127)103-64(36-38-96)83(125)108-69(46-57-50-100-62-23-12-10-21-60(57)62)90(132)112(4)76(26-8-6-2)94(136)111(72)3/h9-13,20-23,30-33,39,48-50,63-76,98-100,116H,5-8,15-19,24-29,34-38,40-47,51-53,95-96H2,1-4H3,(H2,97,117)(H,101,123)(H,102,118)(H,103,127)(H,104,128)(H,105,126)(H,106,129)(H,107,130)(H,108,125)(H,109,131)(H,110,124)(H,119,120)(H,121,122)/t63-,64-,65-,66-,67-,68-,69-,70-,71-,72-,73-,74-,75-,76-/m0/s1. The summed E-state index contributed by atoms with van der Waals surface area (Å²) >= 11 is 0.788. The lowest BCUT2D eigenvalue weighted by Crippen LogP contribution is -2.61. The van der Waals surface area contributed by atoms with Crippen LogP contribution in [0, 0.1) is 0 Å². The number of likely N-dealkylation sites (N-methyl/N-ethyl adjacent to an activating group) is 2. The first-order valence-electron chi connectivity index (χ1n) is 46.6. The van der Waals surface area contributed by atoms with Crippen molar-refractivity contribution in [3.63, 3.8) is 0 Å². The first-order chi connectivity index (χ1) is 65.7. The van der Waals surface area contributed by atoms with E-state index in [1.54, 1.807) is 73.2 Å². The zero-order chi connectivity index (χ0) is 99.1. The van der Waals surface area contributed by atoms with Gasteiger partial charge in [0.25, 0.3) is 0 Å². The Bertz CT molecular complexity index is 5310. The molecule has 2 aromatic heterocycles. The molecule has 5 aliphatic heterocycles. The molecule has 137 heavy (non-hydrogen) atoms. The van der Waals surface area contributed by atoms with Gasteiger partial charge in [0, 0.05) is 112 Å². The van der Waals surface area contributed by atoms with Gasteiger partial charge in [-0.2, -0.15) is 0 Å². The van der Waals surface area contributed by atoms with E-state index in [1.807, 2.05) is 13.8 Å². The number of carbonyl (C=O) groups excluding carboxylic acids is 16. The number of hydrogen-bond donors (Lipinski definition) is 19. The summed E-state index contributed by atoms with van der Waals surface area (Å²) in [4.78, 5) is 276. The van der Waals surface area contributed by atoms with E-state index in [2.05, 4.69) is 74.2 Å². The van der Waals surface area contributed by atoms with Crippen LogP contribution >= 0.6 is 11.8 Å². The highest BCUT2D eigenvalue weighted by Gasteiger charge is 2.47. The molecule has 3 aromatic carbocycles. The van der Waals surface area contributed by atoms with Crippen LogP contribution in [-0.2, 0) is 106 Å². The van der Waals surface area contributed by atoms with Crippen LogP contribution in [0.4, 0.5) is 0 Å². The zero-order valence-corrected chi connectivity index (χ0v) is 78.2. The molecule has 43 heteroatoms. The molecular formula is C94H127N21O21S. The van der Waals surface area contributed by atoms with E-state index in [0.717, 1.165) is 26.5 Å². The topological polar surface area (TPSA) is 626 Å².